The highest BCUT2D eigenvalue weighted by atomic mass is 35.5. The molecule has 3 rings (SSSR count). The molecule has 1 aliphatic carbocycles. The van der Waals surface area contributed by atoms with Crippen molar-refractivity contribution in [3.8, 4) is 17.0 Å². The molecule has 26 heavy (non-hydrogen) atoms. The van der Waals surface area contributed by atoms with Crippen LogP contribution in [0.15, 0.2) is 12.1 Å². The van der Waals surface area contributed by atoms with Crippen LogP contribution in [0.1, 0.15) is 50.5 Å². The first kappa shape index (κ1) is 19.5. The lowest BCUT2D eigenvalue weighted by atomic mass is 10.1. The summed E-state index contributed by atoms with van der Waals surface area (Å²) >= 11 is 8.17. The van der Waals surface area contributed by atoms with E-state index in [9.17, 15) is 5.11 Å². The van der Waals surface area contributed by atoms with Crippen molar-refractivity contribution < 1.29 is 9.84 Å². The summed E-state index contributed by atoms with van der Waals surface area (Å²) in [5, 5.41) is 14.9. The number of aromatic nitrogens is 1. The second-order valence-corrected chi connectivity index (χ2v) is 9.41. The van der Waals surface area contributed by atoms with Crippen LogP contribution in [0.5, 0.6) is 5.75 Å². The van der Waals surface area contributed by atoms with Gasteiger partial charge in [0.1, 0.15) is 5.75 Å². The highest BCUT2D eigenvalue weighted by Crippen LogP contribution is 2.39. The monoisotopic (exact) mass is 394 g/mol. The lowest BCUT2D eigenvalue weighted by Gasteiger charge is -2.21. The lowest BCUT2D eigenvalue weighted by Crippen LogP contribution is -2.27. The van der Waals surface area contributed by atoms with Crippen molar-refractivity contribution in [1.82, 2.24) is 4.98 Å². The Morgan fingerprint density at radius 2 is 2.08 bits per heavy atom. The van der Waals surface area contributed by atoms with Gasteiger partial charge in [-0.1, -0.05) is 24.4 Å². The van der Waals surface area contributed by atoms with Crippen LogP contribution in [0.25, 0.3) is 11.3 Å². The molecule has 0 radical (unpaired) electrons. The standard InChI is InChI=1S/C20H27ClN2O2S/c1-11-8-15(16(21)10-17(11)25-20(4,5)24)18-13(3)26-19(23-18)22-12(2)9-14-6-7-14/h8,10,12,14,24H,6-7,9H2,1-5H3,(H,22,23). The van der Waals surface area contributed by atoms with E-state index >= 15 is 0 Å². The van der Waals surface area contributed by atoms with Gasteiger partial charge in [-0.25, -0.2) is 4.98 Å². The number of halogens is 1. The molecular weight excluding hydrogens is 368 g/mol. The summed E-state index contributed by atoms with van der Waals surface area (Å²) in [7, 11) is 0. The predicted octanol–water partition coefficient (Wildman–Crippen LogP) is 5.79. The quantitative estimate of drug-likeness (QED) is 0.583. The Balaban J connectivity index is 1.83. The Bertz CT molecular complexity index is 794. The molecule has 1 saturated carbocycles. The van der Waals surface area contributed by atoms with Crippen LogP contribution in [-0.2, 0) is 0 Å². The highest BCUT2D eigenvalue weighted by molar-refractivity contribution is 7.16. The summed E-state index contributed by atoms with van der Waals surface area (Å²) in [6.45, 7) is 9.42. The largest absolute Gasteiger partial charge is 0.463 e. The number of aliphatic hydroxyl groups is 1. The number of rotatable bonds is 7. The molecule has 1 aromatic carbocycles. The Kier molecular flexibility index (Phi) is 5.52. The number of thiazole rings is 1. The molecule has 6 heteroatoms. The van der Waals surface area contributed by atoms with Crippen molar-refractivity contribution >= 4 is 28.1 Å². The molecular formula is C20H27ClN2O2S. The summed E-state index contributed by atoms with van der Waals surface area (Å²) in [4.78, 5) is 5.91. The molecule has 0 aliphatic heterocycles. The molecule has 2 aromatic rings. The van der Waals surface area contributed by atoms with Crippen molar-refractivity contribution in [2.45, 2.75) is 65.7 Å². The number of hydrogen-bond donors (Lipinski definition) is 2. The minimum absolute atomic E-state index is 0.431. The number of nitrogens with one attached hydrogen (secondary N) is 1. The topological polar surface area (TPSA) is 54.4 Å². The molecule has 4 nitrogen and oxygen atoms in total. The van der Waals surface area contributed by atoms with Gasteiger partial charge >= 0.3 is 0 Å². The van der Waals surface area contributed by atoms with Gasteiger partial charge in [0.15, 0.2) is 5.13 Å². The molecule has 0 bridgehead atoms. The van der Waals surface area contributed by atoms with E-state index in [0.717, 1.165) is 32.7 Å². The van der Waals surface area contributed by atoms with Crippen LogP contribution in [0, 0.1) is 19.8 Å². The van der Waals surface area contributed by atoms with Crippen LogP contribution in [0.4, 0.5) is 5.13 Å². The summed E-state index contributed by atoms with van der Waals surface area (Å²) < 4.78 is 5.58. The molecule has 1 heterocycles. The zero-order valence-corrected chi connectivity index (χ0v) is 17.6. The van der Waals surface area contributed by atoms with Crippen molar-refractivity contribution in [3.05, 3.63) is 27.6 Å². The zero-order valence-electron chi connectivity index (χ0n) is 16.0. The normalized spacial score (nSPS) is 15.8. The van der Waals surface area contributed by atoms with E-state index in [2.05, 4.69) is 19.2 Å². The minimum Gasteiger partial charge on any atom is -0.463 e. The Morgan fingerprint density at radius 1 is 1.38 bits per heavy atom. The third kappa shape index (κ3) is 4.90. The number of hydrogen-bond acceptors (Lipinski definition) is 5. The van der Waals surface area contributed by atoms with Crippen LogP contribution < -0.4 is 10.1 Å². The van der Waals surface area contributed by atoms with Crippen LogP contribution >= 0.6 is 22.9 Å². The molecule has 2 N–H and O–H groups in total. The molecule has 1 aromatic heterocycles. The number of benzene rings is 1. The average molecular weight is 395 g/mol. The zero-order chi connectivity index (χ0) is 19.1. The average Bonchev–Trinajstić information content (AvgIpc) is 3.23. The van der Waals surface area contributed by atoms with Gasteiger partial charge in [0, 0.05) is 30.3 Å². The Morgan fingerprint density at radius 3 is 2.69 bits per heavy atom. The molecule has 1 aliphatic rings. The van der Waals surface area contributed by atoms with Crippen LogP contribution in [0.3, 0.4) is 0 Å². The Labute approximate surface area is 164 Å². The van der Waals surface area contributed by atoms with Crippen LogP contribution in [-0.4, -0.2) is 21.9 Å². The van der Waals surface area contributed by atoms with E-state index < -0.39 is 5.79 Å². The summed E-state index contributed by atoms with van der Waals surface area (Å²) in [6, 6.07) is 4.16. The molecule has 0 amide bonds. The van der Waals surface area contributed by atoms with Crippen molar-refractivity contribution in [1.29, 1.82) is 0 Å². The van der Waals surface area contributed by atoms with Gasteiger partial charge < -0.3 is 15.2 Å². The fraction of sp³-hybridized carbons (Fsp3) is 0.550. The third-order valence-corrected chi connectivity index (χ3v) is 5.64. The maximum atomic E-state index is 9.89. The smallest absolute Gasteiger partial charge is 0.202 e. The predicted molar refractivity (Wildman–Crippen MR) is 109 cm³/mol. The van der Waals surface area contributed by atoms with E-state index in [1.54, 1.807) is 31.3 Å². The summed E-state index contributed by atoms with van der Waals surface area (Å²) in [5.41, 5.74) is 2.71. The third-order valence-electron chi connectivity index (χ3n) is 4.43. The van der Waals surface area contributed by atoms with E-state index in [1.165, 1.54) is 19.3 Å². The van der Waals surface area contributed by atoms with Gasteiger partial charge in [-0.05, 0) is 50.8 Å². The molecule has 0 spiro atoms. The van der Waals surface area contributed by atoms with Gasteiger partial charge in [0.2, 0.25) is 5.79 Å². The summed E-state index contributed by atoms with van der Waals surface area (Å²) in [6.07, 6.45) is 3.93. The number of aryl methyl sites for hydroxylation is 2. The maximum Gasteiger partial charge on any atom is 0.202 e. The number of nitrogens with zero attached hydrogens (tertiary/aromatic N) is 1. The first-order valence-corrected chi connectivity index (χ1v) is 10.3. The second-order valence-electron chi connectivity index (χ2n) is 7.79. The van der Waals surface area contributed by atoms with Gasteiger partial charge in [-0.3, -0.25) is 0 Å². The van der Waals surface area contributed by atoms with E-state index in [1.807, 2.05) is 13.0 Å². The fourth-order valence-electron chi connectivity index (χ4n) is 3.06. The molecule has 0 saturated heterocycles. The SMILES string of the molecule is Cc1cc(-c2nc(NC(C)CC3CC3)sc2C)c(Cl)cc1OC(C)(C)O. The van der Waals surface area contributed by atoms with Gasteiger partial charge in [-0.15, -0.1) is 11.3 Å². The molecule has 1 atom stereocenters. The van der Waals surface area contributed by atoms with Crippen molar-refractivity contribution in [3.63, 3.8) is 0 Å². The fourth-order valence-corrected chi connectivity index (χ4v) is 4.24. The van der Waals surface area contributed by atoms with Gasteiger partial charge in [-0.2, -0.15) is 0 Å². The van der Waals surface area contributed by atoms with Crippen LogP contribution in [0.2, 0.25) is 5.02 Å². The minimum atomic E-state index is -1.25. The first-order valence-electron chi connectivity index (χ1n) is 9.08. The van der Waals surface area contributed by atoms with Crippen molar-refractivity contribution in [2.24, 2.45) is 5.92 Å². The second kappa shape index (κ2) is 7.37. The molecule has 1 unspecified atom stereocenters. The Hall–Kier alpha value is -1.30. The number of ether oxygens (including phenoxy) is 1. The maximum absolute atomic E-state index is 9.89. The first-order chi connectivity index (χ1) is 12.1. The molecule has 1 fully saturated rings. The van der Waals surface area contributed by atoms with Crippen molar-refractivity contribution in [2.75, 3.05) is 5.32 Å². The van der Waals surface area contributed by atoms with E-state index in [-0.39, 0.29) is 0 Å². The van der Waals surface area contributed by atoms with E-state index in [4.69, 9.17) is 21.3 Å². The highest BCUT2D eigenvalue weighted by Gasteiger charge is 2.24. The molecule has 142 valence electrons. The summed E-state index contributed by atoms with van der Waals surface area (Å²) in [5.74, 6) is 0.218. The number of anilines is 1. The lowest BCUT2D eigenvalue weighted by molar-refractivity contribution is -0.105. The van der Waals surface area contributed by atoms with E-state index in [0.29, 0.717) is 16.8 Å². The van der Waals surface area contributed by atoms with Gasteiger partial charge in [0.25, 0.3) is 0 Å². The van der Waals surface area contributed by atoms with Gasteiger partial charge in [0.05, 0.1) is 10.7 Å².